The number of alkyl halides is 1. The number of carbonyl (C=O) groups excluding carboxylic acids is 3. The van der Waals surface area contributed by atoms with Crippen molar-refractivity contribution in [2.75, 3.05) is 26.4 Å². The molecule has 10 nitrogen and oxygen atoms in total. The molecular weight excluding hydrogens is 615 g/mol. The molecule has 1 saturated heterocycles. The molecule has 5 rings (SSSR count). The van der Waals surface area contributed by atoms with Gasteiger partial charge in [-0.3, -0.25) is 14.3 Å². The molecule has 44 heavy (non-hydrogen) atoms. The molecule has 2 aromatic rings. The van der Waals surface area contributed by atoms with Crippen LogP contribution in [-0.4, -0.2) is 61.0 Å². The number of esters is 3. The van der Waals surface area contributed by atoms with Crippen molar-refractivity contribution in [2.45, 2.75) is 58.2 Å². The lowest BCUT2D eigenvalue weighted by Crippen LogP contribution is -2.56. The van der Waals surface area contributed by atoms with Crippen molar-refractivity contribution < 1.29 is 47.5 Å². The molecule has 1 aliphatic carbocycles. The minimum absolute atomic E-state index is 0.0595. The van der Waals surface area contributed by atoms with E-state index in [4.69, 9.17) is 56.4 Å². The topological polar surface area (TPSA) is 116 Å². The standard InChI is InChI=1S/C32H34Cl2O10/c1-7-38-25(35)23-24(33)31(41-10-4)29(27(37)40-9-3)28(26(36)39-8-2,32(29,34)43-22-17-13-20(6)14-18-22)30(23,44-31)42-21-15-11-19(5)12-16-21/h11-18H,7-10H2,1-6H3/t28-,29+,30+,31-,32+/m0/s1. The molecule has 2 bridgehead atoms. The van der Waals surface area contributed by atoms with Gasteiger partial charge in [-0.1, -0.05) is 58.6 Å². The highest BCUT2D eigenvalue weighted by Crippen LogP contribution is 2.93. The molecule has 0 N–H and O–H groups in total. The number of hydrogen-bond donors (Lipinski definition) is 0. The predicted molar refractivity (Wildman–Crippen MR) is 158 cm³/mol. The predicted octanol–water partition coefficient (Wildman–Crippen LogP) is 5.34. The van der Waals surface area contributed by atoms with E-state index in [9.17, 15) is 14.4 Å². The van der Waals surface area contributed by atoms with Crippen LogP contribution in [0.5, 0.6) is 11.5 Å². The highest BCUT2D eigenvalue weighted by molar-refractivity contribution is 6.39. The van der Waals surface area contributed by atoms with E-state index in [0.717, 1.165) is 11.1 Å². The van der Waals surface area contributed by atoms with E-state index >= 15 is 0 Å². The molecule has 5 atom stereocenters. The van der Waals surface area contributed by atoms with Gasteiger partial charge < -0.3 is 28.4 Å². The second-order valence-corrected chi connectivity index (χ2v) is 11.5. The number of fused-ring (bicyclic) bond motifs is 5. The Hall–Kier alpha value is -3.31. The lowest BCUT2D eigenvalue weighted by atomic mass is 9.75. The largest absolute Gasteiger partial charge is 0.469 e. The van der Waals surface area contributed by atoms with Gasteiger partial charge in [0.25, 0.3) is 5.79 Å². The number of halogens is 2. The number of carbonyl (C=O) groups is 3. The summed E-state index contributed by atoms with van der Waals surface area (Å²) in [6.07, 6.45) is 0. The highest BCUT2D eigenvalue weighted by atomic mass is 35.5. The Balaban J connectivity index is 1.91. The van der Waals surface area contributed by atoms with E-state index in [1.54, 1.807) is 76.2 Å². The van der Waals surface area contributed by atoms with Crippen LogP contribution in [0.3, 0.4) is 0 Å². The third kappa shape index (κ3) is 3.77. The van der Waals surface area contributed by atoms with Crippen LogP contribution >= 0.6 is 23.2 Å². The lowest BCUT2D eigenvalue weighted by molar-refractivity contribution is -0.292. The van der Waals surface area contributed by atoms with Gasteiger partial charge in [-0.2, -0.15) is 0 Å². The minimum atomic E-state index is -2.55. The minimum Gasteiger partial charge on any atom is -0.469 e. The van der Waals surface area contributed by atoms with Crippen LogP contribution in [0, 0.1) is 24.7 Å². The zero-order valence-corrected chi connectivity index (χ0v) is 26.8. The summed E-state index contributed by atoms with van der Waals surface area (Å²) in [6, 6.07) is 13.5. The van der Waals surface area contributed by atoms with Crippen molar-refractivity contribution in [3.05, 3.63) is 70.3 Å². The molecule has 12 heteroatoms. The Labute approximate surface area is 265 Å². The third-order valence-electron chi connectivity index (χ3n) is 8.13. The van der Waals surface area contributed by atoms with Crippen molar-refractivity contribution in [1.29, 1.82) is 0 Å². The molecular formula is C32H34Cl2O10. The Kier molecular flexibility index (Phi) is 8.20. The second kappa shape index (κ2) is 11.2. The molecule has 0 amide bonds. The van der Waals surface area contributed by atoms with Gasteiger partial charge in [0, 0.05) is 6.61 Å². The maximum absolute atomic E-state index is 14.6. The zero-order chi connectivity index (χ0) is 32.1. The molecule has 2 aromatic carbocycles. The highest BCUT2D eigenvalue weighted by Gasteiger charge is 3.17. The first-order chi connectivity index (χ1) is 20.9. The van der Waals surface area contributed by atoms with Crippen LogP contribution in [-0.2, 0) is 38.1 Å². The maximum atomic E-state index is 14.6. The number of hydrogen-bond acceptors (Lipinski definition) is 10. The zero-order valence-electron chi connectivity index (χ0n) is 25.3. The quantitative estimate of drug-likeness (QED) is 0.170. The van der Waals surface area contributed by atoms with Gasteiger partial charge in [-0.15, -0.1) is 0 Å². The van der Waals surface area contributed by atoms with E-state index in [1.807, 2.05) is 13.8 Å². The number of aryl methyl sites for hydroxylation is 2. The van der Waals surface area contributed by atoms with Gasteiger partial charge in [-0.25, -0.2) is 4.79 Å². The second-order valence-electron chi connectivity index (χ2n) is 10.5. The number of ether oxygens (including phenoxy) is 7. The van der Waals surface area contributed by atoms with E-state index in [-0.39, 0.29) is 37.9 Å². The summed E-state index contributed by atoms with van der Waals surface area (Å²) in [5.74, 6) is -7.67. The van der Waals surface area contributed by atoms with Crippen molar-refractivity contribution >= 4 is 41.1 Å². The van der Waals surface area contributed by atoms with E-state index in [0.29, 0.717) is 0 Å². The molecule has 2 fully saturated rings. The van der Waals surface area contributed by atoms with Gasteiger partial charge in [0.15, 0.2) is 0 Å². The fourth-order valence-electron chi connectivity index (χ4n) is 6.52. The van der Waals surface area contributed by atoms with Gasteiger partial charge >= 0.3 is 17.9 Å². The van der Waals surface area contributed by atoms with E-state index < -0.39 is 56.0 Å². The van der Waals surface area contributed by atoms with Gasteiger partial charge in [0.05, 0.1) is 24.9 Å². The van der Waals surface area contributed by atoms with Crippen LogP contribution in [0.25, 0.3) is 0 Å². The molecule has 2 aliphatic heterocycles. The summed E-state index contributed by atoms with van der Waals surface area (Å²) in [5, 5.41) is -2.78. The molecule has 236 valence electrons. The fraction of sp³-hybridized carbons (Fsp3) is 0.469. The number of rotatable bonds is 12. The third-order valence-corrected chi connectivity index (χ3v) is 9.21. The summed E-state index contributed by atoms with van der Waals surface area (Å²) in [4.78, 5) is 42.8. The molecule has 0 unspecified atom stereocenters. The normalized spacial score (nSPS) is 31.3. The Bertz CT molecular complexity index is 1510. The first-order valence-corrected chi connectivity index (χ1v) is 15.2. The molecule has 0 spiro atoms. The summed E-state index contributed by atoms with van der Waals surface area (Å²) >= 11 is 14.6. The molecule has 1 saturated carbocycles. The molecule has 3 aliphatic rings. The first kappa shape index (κ1) is 32.1. The Morgan fingerprint density at radius 1 is 0.682 bits per heavy atom. The lowest BCUT2D eigenvalue weighted by Gasteiger charge is -2.38. The molecule has 0 aromatic heterocycles. The van der Waals surface area contributed by atoms with E-state index in [2.05, 4.69) is 0 Å². The van der Waals surface area contributed by atoms with Gasteiger partial charge in [0.1, 0.15) is 17.1 Å². The van der Waals surface area contributed by atoms with Crippen molar-refractivity contribution in [3.8, 4) is 11.5 Å². The average molecular weight is 650 g/mol. The SMILES string of the molecule is CCOC(=O)C1=C(Cl)[C@]2(OCC)O[C@@]1(Oc1ccc(C)cc1)[C@@]1(C(=O)OCC)[C@@](Cl)(Oc3ccc(C)cc3)[C@@]21C(=O)OCC. The fourth-order valence-corrected chi connectivity index (χ4v) is 7.68. The van der Waals surface area contributed by atoms with Crippen LogP contribution in [0.1, 0.15) is 38.8 Å². The van der Waals surface area contributed by atoms with Crippen molar-refractivity contribution in [1.82, 2.24) is 0 Å². The molecule has 0 radical (unpaired) electrons. The molecule has 2 heterocycles. The van der Waals surface area contributed by atoms with Crippen LogP contribution < -0.4 is 9.47 Å². The first-order valence-electron chi connectivity index (χ1n) is 14.4. The van der Waals surface area contributed by atoms with Crippen LogP contribution in [0.2, 0.25) is 0 Å². The maximum Gasteiger partial charge on any atom is 0.342 e. The summed E-state index contributed by atoms with van der Waals surface area (Å²) in [7, 11) is 0. The summed E-state index contributed by atoms with van der Waals surface area (Å²) < 4.78 is 42.3. The van der Waals surface area contributed by atoms with Crippen LogP contribution in [0.4, 0.5) is 0 Å². The summed E-state index contributed by atoms with van der Waals surface area (Å²) in [6.45, 7) is 9.72. The Morgan fingerprint density at radius 2 is 1.14 bits per heavy atom. The van der Waals surface area contributed by atoms with Crippen molar-refractivity contribution in [3.63, 3.8) is 0 Å². The van der Waals surface area contributed by atoms with Crippen molar-refractivity contribution in [2.24, 2.45) is 10.8 Å². The number of benzene rings is 2. The monoisotopic (exact) mass is 648 g/mol. The van der Waals surface area contributed by atoms with E-state index in [1.165, 1.54) is 0 Å². The van der Waals surface area contributed by atoms with Gasteiger partial charge in [0.2, 0.25) is 21.7 Å². The Morgan fingerprint density at radius 3 is 1.59 bits per heavy atom. The van der Waals surface area contributed by atoms with Gasteiger partial charge in [-0.05, 0) is 65.8 Å². The average Bonchev–Trinajstić information content (AvgIpc) is 3.26. The smallest absolute Gasteiger partial charge is 0.342 e. The summed E-state index contributed by atoms with van der Waals surface area (Å²) in [5.41, 5.74) is -3.44. The van der Waals surface area contributed by atoms with Crippen LogP contribution in [0.15, 0.2) is 59.1 Å².